The van der Waals surface area contributed by atoms with E-state index in [9.17, 15) is 24.3 Å². The molecule has 1 aliphatic heterocycles. The van der Waals surface area contributed by atoms with Crippen LogP contribution in [0.25, 0.3) is 0 Å². The smallest absolute Gasteiger partial charge is 0.329 e. The lowest BCUT2D eigenvalue weighted by Gasteiger charge is -2.30. The van der Waals surface area contributed by atoms with Crippen molar-refractivity contribution in [3.05, 3.63) is 32.8 Å². The van der Waals surface area contributed by atoms with Crippen LogP contribution in [0.5, 0.6) is 0 Å². The molecule has 0 aromatic carbocycles. The molecular weight excluding hydrogens is 366 g/mol. The highest BCUT2D eigenvalue weighted by atomic mass is 32.1. The summed E-state index contributed by atoms with van der Waals surface area (Å²) in [4.78, 5) is 50.9. The van der Waals surface area contributed by atoms with Crippen molar-refractivity contribution in [2.75, 3.05) is 6.54 Å². The molecule has 1 amide bonds. The first-order chi connectivity index (χ1) is 11.8. The van der Waals surface area contributed by atoms with E-state index >= 15 is 0 Å². The number of ketones is 2. The largest absolute Gasteiger partial charge is 0.480 e. The van der Waals surface area contributed by atoms with Crippen molar-refractivity contribution < 1.29 is 24.3 Å². The number of aromatic nitrogens is 2. The van der Waals surface area contributed by atoms with Gasteiger partial charge in [-0.25, -0.2) is 4.79 Å². The second-order valence-electron chi connectivity index (χ2n) is 6.11. The van der Waals surface area contributed by atoms with Gasteiger partial charge in [-0.2, -0.15) is 8.75 Å². The molecule has 0 bridgehead atoms. The number of thiophene rings is 1. The first-order valence-electron chi connectivity index (χ1n) is 7.46. The molecular formula is C15H11N3O5S2. The minimum absolute atomic E-state index is 0.0100. The minimum atomic E-state index is -1.28. The monoisotopic (exact) mass is 377 g/mol. The zero-order valence-corrected chi connectivity index (χ0v) is 14.6. The summed E-state index contributed by atoms with van der Waals surface area (Å²) < 4.78 is 7.72. The average Bonchev–Trinajstić information content (AvgIpc) is 3.30. The molecule has 0 radical (unpaired) electrons. The van der Waals surface area contributed by atoms with Gasteiger partial charge in [0.1, 0.15) is 5.54 Å². The standard InChI is InChI=1S/C15H11N3O5S2/c1-15(14(22)23)3-2-4-18(15)13(21)7-5-6-10(19)8-9(17-25-16-8)11(20)12(6)24-7/h5H,2-4H2,1H3,(H,22,23)/t15-/m1/s1. The molecule has 4 rings (SSSR count). The summed E-state index contributed by atoms with van der Waals surface area (Å²) in [5.74, 6) is -2.41. The third-order valence-electron chi connectivity index (χ3n) is 4.66. The van der Waals surface area contributed by atoms with E-state index in [-0.39, 0.29) is 26.7 Å². The number of fused-ring (bicyclic) bond motifs is 2. The Morgan fingerprint density at radius 2 is 1.92 bits per heavy atom. The van der Waals surface area contributed by atoms with E-state index in [4.69, 9.17) is 0 Å². The normalized spacial score (nSPS) is 22.0. The number of rotatable bonds is 2. The Labute approximate surface area is 149 Å². The minimum Gasteiger partial charge on any atom is -0.480 e. The molecule has 25 heavy (non-hydrogen) atoms. The summed E-state index contributed by atoms with van der Waals surface area (Å²) in [7, 11) is 0. The van der Waals surface area contributed by atoms with Crippen molar-refractivity contribution >= 4 is 46.5 Å². The predicted molar refractivity (Wildman–Crippen MR) is 87.4 cm³/mol. The van der Waals surface area contributed by atoms with Crippen LogP contribution in [-0.4, -0.2) is 54.3 Å². The first-order valence-corrected chi connectivity index (χ1v) is 9.00. The first kappa shape index (κ1) is 16.0. The van der Waals surface area contributed by atoms with Crippen LogP contribution in [0.15, 0.2) is 6.07 Å². The van der Waals surface area contributed by atoms with Crippen molar-refractivity contribution in [1.29, 1.82) is 0 Å². The fourth-order valence-corrected chi connectivity index (χ4v) is 4.79. The quantitative estimate of drug-likeness (QED) is 0.718. The Balaban J connectivity index is 1.74. The van der Waals surface area contributed by atoms with Gasteiger partial charge in [-0.05, 0) is 25.8 Å². The van der Waals surface area contributed by atoms with Crippen LogP contribution in [0, 0.1) is 0 Å². The summed E-state index contributed by atoms with van der Waals surface area (Å²) in [6.07, 6.45) is 0.949. The maximum Gasteiger partial charge on any atom is 0.329 e. The number of carbonyl (C=O) groups is 4. The number of amides is 1. The van der Waals surface area contributed by atoms with Crippen molar-refractivity contribution in [3.63, 3.8) is 0 Å². The number of carbonyl (C=O) groups excluding carboxylic acids is 3. The molecule has 128 valence electrons. The molecule has 2 aromatic heterocycles. The lowest BCUT2D eigenvalue weighted by Crippen LogP contribution is -2.50. The topological polar surface area (TPSA) is 118 Å². The average molecular weight is 377 g/mol. The van der Waals surface area contributed by atoms with Crippen molar-refractivity contribution in [1.82, 2.24) is 13.6 Å². The predicted octanol–water partition coefficient (Wildman–Crippen LogP) is 1.45. The molecule has 8 nitrogen and oxygen atoms in total. The van der Waals surface area contributed by atoms with Gasteiger partial charge >= 0.3 is 5.97 Å². The van der Waals surface area contributed by atoms with Gasteiger partial charge < -0.3 is 10.0 Å². The molecule has 1 atom stereocenters. The molecule has 2 aromatic rings. The van der Waals surface area contributed by atoms with E-state index in [1.54, 1.807) is 0 Å². The summed E-state index contributed by atoms with van der Waals surface area (Å²) in [5.41, 5.74) is -1.12. The maximum absolute atomic E-state index is 12.8. The van der Waals surface area contributed by atoms with Crippen LogP contribution in [-0.2, 0) is 4.79 Å². The number of hydrogen-bond donors (Lipinski definition) is 1. The van der Waals surface area contributed by atoms with Gasteiger partial charge in [0.05, 0.1) is 21.5 Å². The second kappa shape index (κ2) is 5.27. The summed E-state index contributed by atoms with van der Waals surface area (Å²) in [5, 5.41) is 9.46. The Morgan fingerprint density at radius 1 is 1.24 bits per heavy atom. The third kappa shape index (κ3) is 2.10. The van der Waals surface area contributed by atoms with Crippen LogP contribution in [0.4, 0.5) is 0 Å². The zero-order chi connectivity index (χ0) is 17.9. The van der Waals surface area contributed by atoms with Gasteiger partial charge in [0.2, 0.25) is 11.6 Å². The Hall–Kier alpha value is -2.46. The molecule has 0 spiro atoms. The molecule has 2 aliphatic rings. The fraction of sp³-hybridized carbons (Fsp3) is 0.333. The lowest BCUT2D eigenvalue weighted by atomic mass is 9.97. The van der Waals surface area contributed by atoms with E-state index in [0.717, 1.165) is 23.1 Å². The zero-order valence-electron chi connectivity index (χ0n) is 12.9. The molecule has 1 aliphatic carbocycles. The van der Waals surface area contributed by atoms with Crippen LogP contribution in [0.1, 0.15) is 60.9 Å². The van der Waals surface area contributed by atoms with Crippen LogP contribution in [0.3, 0.4) is 0 Å². The van der Waals surface area contributed by atoms with Gasteiger partial charge in [-0.1, -0.05) is 0 Å². The third-order valence-corrected chi connectivity index (χ3v) is 6.31. The van der Waals surface area contributed by atoms with Crippen LogP contribution >= 0.6 is 23.1 Å². The molecule has 1 saturated heterocycles. The van der Waals surface area contributed by atoms with E-state index < -0.39 is 29.0 Å². The van der Waals surface area contributed by atoms with E-state index in [1.165, 1.54) is 17.9 Å². The number of carboxylic acid groups (broad SMARTS) is 1. The molecule has 1 fully saturated rings. The summed E-state index contributed by atoms with van der Waals surface area (Å²) in [6.45, 7) is 1.83. The Kier molecular flexibility index (Phi) is 3.38. The number of carboxylic acids is 1. The van der Waals surface area contributed by atoms with E-state index in [2.05, 4.69) is 8.75 Å². The highest BCUT2D eigenvalue weighted by Crippen LogP contribution is 2.36. The maximum atomic E-state index is 12.8. The molecule has 1 N–H and O–H groups in total. The van der Waals surface area contributed by atoms with Crippen LogP contribution < -0.4 is 0 Å². The molecule has 3 heterocycles. The Bertz CT molecular complexity index is 914. The number of nitrogens with zero attached hydrogens (tertiary/aromatic N) is 3. The van der Waals surface area contributed by atoms with Gasteiger partial charge in [-0.15, -0.1) is 11.3 Å². The highest BCUT2D eigenvalue weighted by molar-refractivity contribution is 7.16. The summed E-state index contributed by atoms with van der Waals surface area (Å²) in [6, 6.07) is 1.37. The van der Waals surface area contributed by atoms with Gasteiger partial charge in [-0.3, -0.25) is 14.4 Å². The molecule has 0 saturated carbocycles. The number of hydrogen-bond acceptors (Lipinski definition) is 8. The SMILES string of the molecule is C[C@]1(C(=O)O)CCCN1C(=O)c1cc2c(s1)C(=O)c1nsnc1C2=O. The van der Waals surface area contributed by atoms with Gasteiger partial charge in [0.25, 0.3) is 5.91 Å². The molecule has 10 heteroatoms. The highest BCUT2D eigenvalue weighted by Gasteiger charge is 2.47. The fourth-order valence-electron chi connectivity index (χ4n) is 3.20. The van der Waals surface area contributed by atoms with Gasteiger partial charge in [0, 0.05) is 12.1 Å². The van der Waals surface area contributed by atoms with E-state index in [0.29, 0.717) is 19.4 Å². The Morgan fingerprint density at radius 3 is 2.60 bits per heavy atom. The number of likely N-dealkylation sites (tertiary alicyclic amines) is 1. The summed E-state index contributed by atoms with van der Waals surface area (Å²) >= 11 is 1.70. The second-order valence-corrected chi connectivity index (χ2v) is 7.69. The molecule has 0 unspecified atom stereocenters. The van der Waals surface area contributed by atoms with Gasteiger partial charge in [0.15, 0.2) is 11.4 Å². The van der Waals surface area contributed by atoms with E-state index in [1.807, 2.05) is 0 Å². The van der Waals surface area contributed by atoms with Crippen LogP contribution in [0.2, 0.25) is 0 Å². The van der Waals surface area contributed by atoms with Crippen molar-refractivity contribution in [2.24, 2.45) is 0 Å². The van der Waals surface area contributed by atoms with Crippen molar-refractivity contribution in [3.8, 4) is 0 Å². The van der Waals surface area contributed by atoms with Crippen molar-refractivity contribution in [2.45, 2.75) is 25.3 Å². The number of aliphatic carboxylic acids is 1. The lowest BCUT2D eigenvalue weighted by molar-refractivity contribution is -0.147.